The normalized spacial score (nSPS) is 57.2. The highest BCUT2D eigenvalue weighted by Gasteiger charge is 2.86. The van der Waals surface area contributed by atoms with Crippen LogP contribution in [0.4, 0.5) is 0 Å². The number of ether oxygens (including phenoxy) is 7. The van der Waals surface area contributed by atoms with E-state index in [4.69, 9.17) is 33.2 Å². The number of epoxide rings is 3. The standard InChI is InChI=1S/C29H38O11/c1-15(30)16-7-5-6-8-20(32)37-18-11-19-29(14-36-29)27(18,4)28(10-9-25(2)21(39-25)22(28)38-19)13-35-24(33)23-26(3,40-23)17(31)12-34-16/h5-8,15-19,21-23,30-31H,9-14H2,1-4H3/b7-5+,8-6-/t15-,16+,17-,18+,19+,21-,22+,23+,25+,26+,27+,28+,29?/m0/s1. The Morgan fingerprint density at radius 2 is 1.80 bits per heavy atom. The van der Waals surface area contributed by atoms with E-state index in [0.29, 0.717) is 19.4 Å². The lowest BCUT2D eigenvalue weighted by Crippen LogP contribution is -2.69. The second kappa shape index (κ2) is 8.59. The van der Waals surface area contributed by atoms with Crippen molar-refractivity contribution in [2.24, 2.45) is 10.8 Å². The predicted octanol–water partition coefficient (Wildman–Crippen LogP) is 0.736. The zero-order valence-electron chi connectivity index (χ0n) is 23.2. The first kappa shape index (κ1) is 27.0. The van der Waals surface area contributed by atoms with Crippen molar-refractivity contribution < 1.29 is 53.0 Å². The number of hydrogen-bond acceptors (Lipinski definition) is 11. The highest BCUT2D eigenvalue weighted by Crippen LogP contribution is 2.75. The number of fused-ring (bicyclic) bond motifs is 3. The van der Waals surface area contributed by atoms with Crippen molar-refractivity contribution in [2.75, 3.05) is 19.8 Å². The van der Waals surface area contributed by atoms with Gasteiger partial charge in [0.15, 0.2) is 6.10 Å². The van der Waals surface area contributed by atoms with Crippen LogP contribution in [0, 0.1) is 10.8 Å². The minimum atomic E-state index is -1.18. The van der Waals surface area contributed by atoms with E-state index in [1.54, 1.807) is 26.0 Å². The Morgan fingerprint density at radius 3 is 2.52 bits per heavy atom. The van der Waals surface area contributed by atoms with Crippen molar-refractivity contribution in [1.82, 2.24) is 0 Å². The van der Waals surface area contributed by atoms with Crippen molar-refractivity contribution >= 4 is 11.9 Å². The molecule has 6 fully saturated rings. The predicted molar refractivity (Wildman–Crippen MR) is 135 cm³/mol. The van der Waals surface area contributed by atoms with Gasteiger partial charge in [-0.05, 0) is 33.6 Å². The highest BCUT2D eigenvalue weighted by molar-refractivity contribution is 5.82. The Morgan fingerprint density at radius 1 is 1.02 bits per heavy atom. The lowest BCUT2D eigenvalue weighted by Gasteiger charge is -2.58. The molecule has 5 heterocycles. The Bertz CT molecular complexity index is 1160. The van der Waals surface area contributed by atoms with E-state index in [-0.39, 0.29) is 37.1 Å². The monoisotopic (exact) mass is 562 g/mol. The highest BCUT2D eigenvalue weighted by atomic mass is 16.7. The first-order valence-corrected chi connectivity index (χ1v) is 14.3. The molecule has 0 radical (unpaired) electrons. The van der Waals surface area contributed by atoms with Gasteiger partial charge in [0.25, 0.3) is 0 Å². The molecule has 11 heteroatoms. The van der Waals surface area contributed by atoms with Crippen molar-refractivity contribution in [2.45, 2.75) is 113 Å². The molecule has 13 atom stereocenters. The smallest absolute Gasteiger partial charge is 0.338 e. The van der Waals surface area contributed by atoms with Gasteiger partial charge in [0, 0.05) is 17.9 Å². The summed E-state index contributed by atoms with van der Waals surface area (Å²) in [7, 11) is 0. The van der Waals surface area contributed by atoms with E-state index in [1.807, 2.05) is 0 Å². The Balaban J connectivity index is 1.25. The third kappa shape index (κ3) is 3.55. The lowest BCUT2D eigenvalue weighted by atomic mass is 9.50. The first-order valence-electron chi connectivity index (χ1n) is 14.3. The first-order chi connectivity index (χ1) is 18.9. The zero-order valence-corrected chi connectivity index (χ0v) is 23.2. The molecule has 2 bridgehead atoms. The van der Waals surface area contributed by atoms with Crippen molar-refractivity contribution in [3.8, 4) is 0 Å². The van der Waals surface area contributed by atoms with Gasteiger partial charge in [-0.1, -0.05) is 25.2 Å². The maximum Gasteiger partial charge on any atom is 0.338 e. The van der Waals surface area contributed by atoms with Gasteiger partial charge < -0.3 is 43.4 Å². The minimum Gasteiger partial charge on any atom is -0.463 e. The number of allylic oxidation sites excluding steroid dienone is 2. The Kier molecular flexibility index (Phi) is 5.80. The van der Waals surface area contributed by atoms with Gasteiger partial charge in [-0.15, -0.1) is 0 Å². The lowest BCUT2D eigenvalue weighted by molar-refractivity contribution is -0.251. The molecule has 220 valence electrons. The number of aliphatic hydroxyl groups excluding tert-OH is 2. The van der Waals surface area contributed by atoms with Crippen LogP contribution >= 0.6 is 0 Å². The Labute approximate surface area is 232 Å². The van der Waals surface area contributed by atoms with Crippen LogP contribution in [0.5, 0.6) is 0 Å². The summed E-state index contributed by atoms with van der Waals surface area (Å²) in [6.07, 6.45) is 2.83. The van der Waals surface area contributed by atoms with Gasteiger partial charge in [-0.2, -0.15) is 0 Å². The minimum absolute atomic E-state index is 0.0139. The number of hydrogen-bond donors (Lipinski definition) is 2. The number of aliphatic hydroxyl groups is 2. The summed E-state index contributed by atoms with van der Waals surface area (Å²) >= 11 is 0. The summed E-state index contributed by atoms with van der Waals surface area (Å²) in [5.74, 6) is -1.10. The number of rotatable bonds is 1. The van der Waals surface area contributed by atoms with Crippen LogP contribution in [-0.2, 0) is 42.7 Å². The molecule has 0 amide bonds. The molecule has 7 aliphatic rings. The quantitative estimate of drug-likeness (QED) is 0.344. The van der Waals surface area contributed by atoms with Gasteiger partial charge >= 0.3 is 11.9 Å². The van der Waals surface area contributed by atoms with Gasteiger partial charge in [0.2, 0.25) is 0 Å². The summed E-state index contributed by atoms with van der Waals surface area (Å²) in [5, 5.41) is 20.9. The molecule has 0 aromatic rings. The summed E-state index contributed by atoms with van der Waals surface area (Å²) in [4.78, 5) is 26.4. The number of carbonyl (C=O) groups excluding carboxylic acids is 2. The van der Waals surface area contributed by atoms with E-state index in [9.17, 15) is 19.8 Å². The molecular formula is C29H38O11. The molecule has 5 aliphatic heterocycles. The second-order valence-electron chi connectivity index (χ2n) is 13.2. The largest absolute Gasteiger partial charge is 0.463 e. The molecule has 0 aromatic heterocycles. The Hall–Kier alpha value is -1.86. The molecule has 40 heavy (non-hydrogen) atoms. The molecule has 2 aliphatic carbocycles. The van der Waals surface area contributed by atoms with Crippen molar-refractivity contribution in [3.63, 3.8) is 0 Å². The topological polar surface area (TPSA) is 149 Å². The van der Waals surface area contributed by atoms with Gasteiger partial charge in [0.1, 0.15) is 42.2 Å². The van der Waals surface area contributed by atoms with E-state index in [0.717, 1.165) is 6.42 Å². The number of carbonyl (C=O) groups is 2. The van der Waals surface area contributed by atoms with Crippen LogP contribution in [0.25, 0.3) is 0 Å². The van der Waals surface area contributed by atoms with E-state index >= 15 is 0 Å². The van der Waals surface area contributed by atoms with Gasteiger partial charge in [-0.3, -0.25) is 0 Å². The summed E-state index contributed by atoms with van der Waals surface area (Å²) in [6.45, 7) is 7.67. The summed E-state index contributed by atoms with van der Waals surface area (Å²) in [6, 6.07) is 0. The molecule has 11 nitrogen and oxygen atoms in total. The molecule has 0 aromatic carbocycles. The van der Waals surface area contributed by atoms with E-state index in [2.05, 4.69) is 13.8 Å². The SMILES string of the molecule is C[C@H](O)[C@H]1/C=C/C=C\C(=O)O[C@@H]2C[C@H]3O[C@@H]4[C@@H]5O[C@]5(C)CC[C@]4(COC(=O)[C@H]4O[C@]4(C)[C@@H](O)CO1)[C@]2(C)C31CO1. The molecule has 1 unspecified atom stereocenters. The molecule has 2 spiro atoms. The van der Waals surface area contributed by atoms with Gasteiger partial charge in [-0.25, -0.2) is 9.59 Å². The number of esters is 2. The van der Waals surface area contributed by atoms with Gasteiger partial charge in [0.05, 0.1) is 42.5 Å². The zero-order chi connectivity index (χ0) is 28.3. The summed E-state index contributed by atoms with van der Waals surface area (Å²) < 4.78 is 42.6. The molecule has 4 saturated heterocycles. The van der Waals surface area contributed by atoms with E-state index < -0.39 is 64.5 Å². The van der Waals surface area contributed by atoms with Crippen LogP contribution in [0.1, 0.15) is 47.0 Å². The molecular weight excluding hydrogens is 524 g/mol. The maximum atomic E-state index is 13.4. The third-order valence-electron chi connectivity index (χ3n) is 11.1. The molecule has 7 rings (SSSR count). The fourth-order valence-corrected chi connectivity index (χ4v) is 8.09. The second-order valence-corrected chi connectivity index (χ2v) is 13.2. The molecule has 2 saturated carbocycles. The van der Waals surface area contributed by atoms with Crippen LogP contribution in [0.3, 0.4) is 0 Å². The van der Waals surface area contributed by atoms with Crippen LogP contribution in [-0.4, -0.2) is 108 Å². The fourth-order valence-electron chi connectivity index (χ4n) is 8.09. The van der Waals surface area contributed by atoms with Crippen LogP contribution in [0.2, 0.25) is 0 Å². The third-order valence-corrected chi connectivity index (χ3v) is 11.1. The average molecular weight is 563 g/mol. The molecule has 2 N–H and O–H groups in total. The van der Waals surface area contributed by atoms with Crippen molar-refractivity contribution in [3.05, 3.63) is 24.3 Å². The van der Waals surface area contributed by atoms with Crippen LogP contribution < -0.4 is 0 Å². The number of cyclic esters (lactones) is 1. The summed E-state index contributed by atoms with van der Waals surface area (Å²) in [5.41, 5.74) is -3.54. The average Bonchev–Trinajstić information content (AvgIpc) is 3.81. The van der Waals surface area contributed by atoms with Crippen molar-refractivity contribution in [1.29, 1.82) is 0 Å². The van der Waals surface area contributed by atoms with Crippen LogP contribution in [0.15, 0.2) is 24.3 Å². The maximum absolute atomic E-state index is 13.4. The fraction of sp³-hybridized carbons (Fsp3) is 0.793. The van der Waals surface area contributed by atoms with E-state index in [1.165, 1.54) is 12.2 Å².